The lowest BCUT2D eigenvalue weighted by Crippen LogP contribution is -2.51. The Balaban J connectivity index is 1.67. The third-order valence-corrected chi connectivity index (χ3v) is 4.00. The standard InChI is InChI=1S/C14H25N3O3/c1-2-20-14(19)17-11-9-16(10-12-17)13(18)5-8-15-6-3-4-7-15/h2-12H2,1H3. The van der Waals surface area contributed by atoms with Gasteiger partial charge in [0.25, 0.3) is 0 Å². The van der Waals surface area contributed by atoms with Gasteiger partial charge in [-0.05, 0) is 32.9 Å². The number of piperazine rings is 1. The fourth-order valence-electron chi connectivity index (χ4n) is 2.77. The Morgan fingerprint density at radius 3 is 2.15 bits per heavy atom. The monoisotopic (exact) mass is 283 g/mol. The zero-order chi connectivity index (χ0) is 14.4. The van der Waals surface area contributed by atoms with E-state index < -0.39 is 0 Å². The number of rotatable bonds is 4. The van der Waals surface area contributed by atoms with Crippen molar-refractivity contribution in [3.8, 4) is 0 Å². The van der Waals surface area contributed by atoms with E-state index in [2.05, 4.69) is 4.90 Å². The first kappa shape index (κ1) is 15.1. The SMILES string of the molecule is CCOC(=O)N1CCN(C(=O)CCN2CCCC2)CC1. The highest BCUT2D eigenvalue weighted by molar-refractivity contribution is 5.77. The van der Waals surface area contributed by atoms with Gasteiger partial charge < -0.3 is 19.4 Å². The fourth-order valence-corrected chi connectivity index (χ4v) is 2.77. The molecule has 2 amide bonds. The van der Waals surface area contributed by atoms with Gasteiger partial charge in [-0.25, -0.2) is 4.79 Å². The molecule has 0 N–H and O–H groups in total. The topological polar surface area (TPSA) is 53.1 Å². The number of likely N-dealkylation sites (tertiary alicyclic amines) is 1. The van der Waals surface area contributed by atoms with Crippen LogP contribution in [0.3, 0.4) is 0 Å². The van der Waals surface area contributed by atoms with E-state index in [1.54, 1.807) is 11.8 Å². The van der Waals surface area contributed by atoms with E-state index in [1.165, 1.54) is 12.8 Å². The van der Waals surface area contributed by atoms with E-state index in [0.717, 1.165) is 19.6 Å². The molecule has 0 aromatic heterocycles. The molecule has 6 nitrogen and oxygen atoms in total. The molecule has 0 aromatic carbocycles. The summed E-state index contributed by atoms with van der Waals surface area (Å²) < 4.78 is 4.97. The number of amides is 2. The van der Waals surface area contributed by atoms with Crippen LogP contribution in [0.5, 0.6) is 0 Å². The van der Waals surface area contributed by atoms with Gasteiger partial charge in [0.2, 0.25) is 5.91 Å². The van der Waals surface area contributed by atoms with Crippen LogP contribution in [0.15, 0.2) is 0 Å². The quantitative estimate of drug-likeness (QED) is 0.765. The molecule has 0 saturated carbocycles. The lowest BCUT2D eigenvalue weighted by Gasteiger charge is -2.34. The summed E-state index contributed by atoms with van der Waals surface area (Å²) in [4.78, 5) is 29.6. The summed E-state index contributed by atoms with van der Waals surface area (Å²) in [6, 6.07) is 0. The van der Waals surface area contributed by atoms with Crippen molar-refractivity contribution in [3.63, 3.8) is 0 Å². The molecule has 20 heavy (non-hydrogen) atoms. The van der Waals surface area contributed by atoms with Gasteiger partial charge in [-0.1, -0.05) is 0 Å². The summed E-state index contributed by atoms with van der Waals surface area (Å²) in [6.45, 7) is 7.73. The Hall–Kier alpha value is -1.30. The van der Waals surface area contributed by atoms with Crippen LogP contribution >= 0.6 is 0 Å². The summed E-state index contributed by atoms with van der Waals surface area (Å²) in [6.07, 6.45) is 2.84. The van der Waals surface area contributed by atoms with Gasteiger partial charge in [-0.15, -0.1) is 0 Å². The Morgan fingerprint density at radius 1 is 0.950 bits per heavy atom. The molecular formula is C14H25N3O3. The second-order valence-electron chi connectivity index (χ2n) is 5.37. The van der Waals surface area contributed by atoms with Gasteiger partial charge in [0.1, 0.15) is 0 Å². The van der Waals surface area contributed by atoms with E-state index in [1.807, 2.05) is 4.90 Å². The zero-order valence-corrected chi connectivity index (χ0v) is 12.3. The normalized spacial score (nSPS) is 20.2. The first-order valence-corrected chi connectivity index (χ1v) is 7.62. The molecule has 0 radical (unpaired) electrons. The number of carbonyl (C=O) groups excluding carboxylic acids is 2. The lowest BCUT2D eigenvalue weighted by atomic mass is 10.2. The average molecular weight is 283 g/mol. The van der Waals surface area contributed by atoms with E-state index in [4.69, 9.17) is 4.74 Å². The third kappa shape index (κ3) is 4.10. The Kier molecular flexibility index (Phi) is 5.64. The molecular weight excluding hydrogens is 258 g/mol. The maximum atomic E-state index is 12.1. The maximum Gasteiger partial charge on any atom is 0.409 e. The smallest absolute Gasteiger partial charge is 0.409 e. The average Bonchev–Trinajstić information content (AvgIpc) is 2.98. The van der Waals surface area contributed by atoms with Gasteiger partial charge in [-0.2, -0.15) is 0 Å². The lowest BCUT2D eigenvalue weighted by molar-refractivity contribution is -0.133. The van der Waals surface area contributed by atoms with Crippen LogP contribution in [0.1, 0.15) is 26.2 Å². The molecule has 2 heterocycles. The molecule has 0 atom stereocenters. The Morgan fingerprint density at radius 2 is 1.55 bits per heavy atom. The summed E-state index contributed by atoms with van der Waals surface area (Å²) in [5.41, 5.74) is 0. The highest BCUT2D eigenvalue weighted by Gasteiger charge is 2.25. The second-order valence-corrected chi connectivity index (χ2v) is 5.37. The number of hydrogen-bond donors (Lipinski definition) is 0. The van der Waals surface area contributed by atoms with Crippen molar-refractivity contribution in [1.82, 2.24) is 14.7 Å². The van der Waals surface area contributed by atoms with Crippen LogP contribution in [0, 0.1) is 0 Å². The number of nitrogens with zero attached hydrogens (tertiary/aromatic N) is 3. The number of hydrogen-bond acceptors (Lipinski definition) is 4. The predicted molar refractivity (Wildman–Crippen MR) is 75.5 cm³/mol. The summed E-state index contributed by atoms with van der Waals surface area (Å²) >= 11 is 0. The van der Waals surface area contributed by atoms with Crippen LogP contribution in [-0.2, 0) is 9.53 Å². The van der Waals surface area contributed by atoms with Crippen molar-refractivity contribution < 1.29 is 14.3 Å². The molecule has 0 unspecified atom stereocenters. The molecule has 0 spiro atoms. The largest absolute Gasteiger partial charge is 0.450 e. The van der Waals surface area contributed by atoms with Crippen molar-refractivity contribution in [2.24, 2.45) is 0 Å². The summed E-state index contributed by atoms with van der Waals surface area (Å²) in [7, 11) is 0. The minimum Gasteiger partial charge on any atom is -0.450 e. The van der Waals surface area contributed by atoms with Gasteiger partial charge >= 0.3 is 6.09 Å². The molecule has 0 aliphatic carbocycles. The first-order valence-electron chi connectivity index (χ1n) is 7.62. The molecule has 2 aliphatic heterocycles. The van der Waals surface area contributed by atoms with E-state index in [-0.39, 0.29) is 12.0 Å². The fraction of sp³-hybridized carbons (Fsp3) is 0.857. The molecule has 2 rings (SSSR count). The molecule has 0 aromatic rings. The van der Waals surface area contributed by atoms with Crippen LogP contribution in [0.25, 0.3) is 0 Å². The van der Waals surface area contributed by atoms with Crippen LogP contribution in [0.2, 0.25) is 0 Å². The Labute approximate surface area is 120 Å². The van der Waals surface area contributed by atoms with Crippen LogP contribution in [-0.4, -0.2) is 79.1 Å². The molecule has 114 valence electrons. The number of ether oxygens (including phenoxy) is 1. The molecule has 2 fully saturated rings. The highest BCUT2D eigenvalue weighted by Crippen LogP contribution is 2.10. The van der Waals surface area contributed by atoms with Crippen molar-refractivity contribution in [2.75, 3.05) is 52.4 Å². The van der Waals surface area contributed by atoms with Gasteiger partial charge in [0.05, 0.1) is 6.61 Å². The summed E-state index contributed by atoms with van der Waals surface area (Å²) in [5.74, 6) is 0.209. The minimum absolute atomic E-state index is 0.209. The molecule has 6 heteroatoms. The predicted octanol–water partition coefficient (Wildman–Crippen LogP) is 0.773. The Bertz CT molecular complexity index is 335. The minimum atomic E-state index is -0.267. The van der Waals surface area contributed by atoms with Crippen LogP contribution < -0.4 is 0 Å². The van der Waals surface area contributed by atoms with Crippen molar-refractivity contribution in [3.05, 3.63) is 0 Å². The van der Waals surface area contributed by atoms with Crippen LogP contribution in [0.4, 0.5) is 4.79 Å². The van der Waals surface area contributed by atoms with Gasteiger partial charge in [-0.3, -0.25) is 4.79 Å². The van der Waals surface area contributed by atoms with E-state index >= 15 is 0 Å². The second kappa shape index (κ2) is 7.47. The van der Waals surface area contributed by atoms with Crippen molar-refractivity contribution in [2.45, 2.75) is 26.2 Å². The van der Waals surface area contributed by atoms with Crippen molar-refractivity contribution in [1.29, 1.82) is 0 Å². The van der Waals surface area contributed by atoms with Gasteiger partial charge in [0.15, 0.2) is 0 Å². The van der Waals surface area contributed by atoms with Gasteiger partial charge in [0, 0.05) is 39.1 Å². The van der Waals surface area contributed by atoms with E-state index in [0.29, 0.717) is 39.2 Å². The highest BCUT2D eigenvalue weighted by atomic mass is 16.6. The number of carbonyl (C=O) groups is 2. The molecule has 2 saturated heterocycles. The maximum absolute atomic E-state index is 12.1. The van der Waals surface area contributed by atoms with E-state index in [9.17, 15) is 9.59 Å². The molecule has 2 aliphatic rings. The first-order chi connectivity index (χ1) is 9.70. The summed E-state index contributed by atoms with van der Waals surface area (Å²) in [5, 5.41) is 0. The van der Waals surface area contributed by atoms with Crippen molar-refractivity contribution >= 4 is 12.0 Å². The zero-order valence-electron chi connectivity index (χ0n) is 12.3. The molecule has 0 bridgehead atoms. The third-order valence-electron chi connectivity index (χ3n) is 4.00.